The molecule has 0 spiro atoms. The SMILES string of the molecule is COc1ccc(C)cc1N=C1NC(=O)/C(=C/c2c(OCc3ccc(Cl)cc3)ccc3ccccc23)S1. The number of fused-ring (bicyclic) bond motifs is 1. The van der Waals surface area contributed by atoms with E-state index in [1.165, 1.54) is 11.8 Å². The molecule has 1 aliphatic heterocycles. The molecule has 1 N–H and O–H groups in total. The zero-order chi connectivity index (χ0) is 25.1. The fraction of sp³-hybridized carbons (Fsp3) is 0.103. The van der Waals surface area contributed by atoms with Crippen LogP contribution in [0.3, 0.4) is 0 Å². The van der Waals surface area contributed by atoms with Crippen molar-refractivity contribution in [2.45, 2.75) is 13.5 Å². The van der Waals surface area contributed by atoms with Gasteiger partial charge >= 0.3 is 0 Å². The second-order valence-corrected chi connectivity index (χ2v) is 9.74. The molecule has 0 bridgehead atoms. The number of benzene rings is 4. The van der Waals surface area contributed by atoms with E-state index >= 15 is 0 Å². The molecule has 1 heterocycles. The van der Waals surface area contributed by atoms with Crippen molar-refractivity contribution < 1.29 is 14.3 Å². The van der Waals surface area contributed by atoms with Crippen LogP contribution in [0.2, 0.25) is 5.02 Å². The van der Waals surface area contributed by atoms with Crippen molar-refractivity contribution >= 4 is 57.0 Å². The lowest BCUT2D eigenvalue weighted by Gasteiger charge is -2.13. The molecule has 0 saturated carbocycles. The summed E-state index contributed by atoms with van der Waals surface area (Å²) in [6.07, 6.45) is 1.87. The molecule has 1 amide bonds. The third-order valence-electron chi connectivity index (χ3n) is 5.72. The van der Waals surface area contributed by atoms with Gasteiger partial charge in [0.05, 0.1) is 12.0 Å². The molecule has 0 aliphatic carbocycles. The zero-order valence-electron chi connectivity index (χ0n) is 19.7. The first kappa shape index (κ1) is 24.0. The highest BCUT2D eigenvalue weighted by Gasteiger charge is 2.25. The first-order chi connectivity index (χ1) is 17.5. The quantitative estimate of drug-likeness (QED) is 0.275. The number of amides is 1. The summed E-state index contributed by atoms with van der Waals surface area (Å²) in [5, 5.41) is 6.11. The largest absolute Gasteiger partial charge is 0.494 e. The lowest BCUT2D eigenvalue weighted by Crippen LogP contribution is -2.19. The van der Waals surface area contributed by atoms with Crippen LogP contribution in [0.5, 0.6) is 11.5 Å². The number of ether oxygens (including phenoxy) is 2. The molecule has 4 aromatic rings. The minimum Gasteiger partial charge on any atom is -0.494 e. The van der Waals surface area contributed by atoms with E-state index in [0.29, 0.717) is 38.9 Å². The molecule has 180 valence electrons. The lowest BCUT2D eigenvalue weighted by atomic mass is 10.0. The molecule has 7 heteroatoms. The number of aryl methyl sites for hydroxylation is 1. The Morgan fingerprint density at radius 1 is 1.00 bits per heavy atom. The summed E-state index contributed by atoms with van der Waals surface area (Å²) in [7, 11) is 1.60. The summed E-state index contributed by atoms with van der Waals surface area (Å²) < 4.78 is 11.6. The monoisotopic (exact) mass is 514 g/mol. The molecule has 4 aromatic carbocycles. The number of nitrogens with zero attached hydrogens (tertiary/aromatic N) is 1. The Kier molecular flexibility index (Phi) is 6.98. The fourth-order valence-corrected chi connectivity index (χ4v) is 4.84. The predicted octanol–water partition coefficient (Wildman–Crippen LogP) is 7.28. The van der Waals surface area contributed by atoms with Gasteiger partial charge in [-0.25, -0.2) is 4.99 Å². The smallest absolute Gasteiger partial charge is 0.264 e. The molecule has 0 atom stereocenters. The summed E-state index contributed by atoms with van der Waals surface area (Å²) in [5.74, 6) is 1.13. The summed E-state index contributed by atoms with van der Waals surface area (Å²) in [5.41, 5.74) is 3.56. The lowest BCUT2D eigenvalue weighted by molar-refractivity contribution is -0.115. The van der Waals surface area contributed by atoms with Crippen molar-refractivity contribution in [3.63, 3.8) is 0 Å². The van der Waals surface area contributed by atoms with E-state index in [1.807, 2.05) is 91.9 Å². The Morgan fingerprint density at radius 3 is 2.58 bits per heavy atom. The van der Waals surface area contributed by atoms with Gasteiger partial charge in [-0.2, -0.15) is 0 Å². The number of aliphatic imine (C=N–C) groups is 1. The summed E-state index contributed by atoms with van der Waals surface area (Å²) in [6.45, 7) is 2.37. The summed E-state index contributed by atoms with van der Waals surface area (Å²) in [6, 6.07) is 25.3. The Balaban J connectivity index is 1.49. The van der Waals surface area contributed by atoms with E-state index in [4.69, 9.17) is 21.1 Å². The van der Waals surface area contributed by atoms with Crippen LogP contribution in [0.1, 0.15) is 16.7 Å². The third-order valence-corrected chi connectivity index (χ3v) is 6.88. The van der Waals surface area contributed by atoms with Gasteiger partial charge in [0.25, 0.3) is 5.91 Å². The molecule has 5 rings (SSSR count). The first-order valence-electron chi connectivity index (χ1n) is 11.3. The highest BCUT2D eigenvalue weighted by atomic mass is 35.5. The second kappa shape index (κ2) is 10.5. The number of carbonyl (C=O) groups is 1. The van der Waals surface area contributed by atoms with Gasteiger partial charge in [-0.3, -0.25) is 4.79 Å². The van der Waals surface area contributed by atoms with Crippen LogP contribution in [0.4, 0.5) is 5.69 Å². The Hall–Kier alpha value is -3.74. The van der Waals surface area contributed by atoms with Crippen LogP contribution in [-0.2, 0) is 11.4 Å². The minimum atomic E-state index is -0.207. The molecular weight excluding hydrogens is 492 g/mol. The average Bonchev–Trinajstić information content (AvgIpc) is 3.23. The van der Waals surface area contributed by atoms with Crippen molar-refractivity contribution in [2.24, 2.45) is 4.99 Å². The van der Waals surface area contributed by atoms with E-state index in [1.54, 1.807) is 7.11 Å². The molecule has 0 radical (unpaired) electrons. The molecule has 0 aromatic heterocycles. The Bertz CT molecular complexity index is 1510. The fourth-order valence-electron chi connectivity index (χ4n) is 3.90. The van der Waals surface area contributed by atoms with Crippen LogP contribution in [-0.4, -0.2) is 18.2 Å². The molecule has 5 nitrogen and oxygen atoms in total. The summed E-state index contributed by atoms with van der Waals surface area (Å²) >= 11 is 7.30. The van der Waals surface area contributed by atoms with Gasteiger partial charge < -0.3 is 14.8 Å². The van der Waals surface area contributed by atoms with Gasteiger partial charge in [-0.05, 0) is 77.0 Å². The van der Waals surface area contributed by atoms with E-state index in [0.717, 1.165) is 27.5 Å². The van der Waals surface area contributed by atoms with E-state index < -0.39 is 0 Å². The number of methoxy groups -OCH3 is 1. The van der Waals surface area contributed by atoms with Gasteiger partial charge in [0.1, 0.15) is 23.8 Å². The number of hydrogen-bond donors (Lipinski definition) is 1. The first-order valence-corrected chi connectivity index (χ1v) is 12.5. The highest BCUT2D eigenvalue weighted by Crippen LogP contribution is 2.36. The molecule has 1 fully saturated rings. The maximum Gasteiger partial charge on any atom is 0.264 e. The molecule has 36 heavy (non-hydrogen) atoms. The minimum absolute atomic E-state index is 0.207. The number of amidine groups is 1. The zero-order valence-corrected chi connectivity index (χ0v) is 21.3. The topological polar surface area (TPSA) is 59.9 Å². The van der Waals surface area contributed by atoms with Crippen molar-refractivity contribution in [3.8, 4) is 11.5 Å². The van der Waals surface area contributed by atoms with Gasteiger partial charge in [0.15, 0.2) is 5.17 Å². The maximum absolute atomic E-state index is 12.9. The number of thioether (sulfide) groups is 1. The van der Waals surface area contributed by atoms with Gasteiger partial charge in [0, 0.05) is 10.6 Å². The van der Waals surface area contributed by atoms with E-state index in [9.17, 15) is 4.79 Å². The van der Waals surface area contributed by atoms with Crippen LogP contribution in [0, 0.1) is 6.92 Å². The van der Waals surface area contributed by atoms with Crippen LogP contribution >= 0.6 is 23.4 Å². The third kappa shape index (κ3) is 5.25. The number of rotatable bonds is 6. The Morgan fingerprint density at radius 2 is 1.78 bits per heavy atom. The normalized spacial score (nSPS) is 15.5. The second-order valence-electron chi connectivity index (χ2n) is 8.27. The molecule has 1 aliphatic rings. The standard InChI is InChI=1S/C29H23ClN2O3S/c1-18-7-13-26(34-2)24(15-18)31-29-32-28(33)27(36-29)16-23-22-6-4-3-5-20(22)10-14-25(23)35-17-19-8-11-21(30)12-9-19/h3-16H,17H2,1-2H3,(H,31,32,33)/b27-16-. The molecule has 0 unspecified atom stereocenters. The maximum atomic E-state index is 12.9. The van der Waals surface area contributed by atoms with Crippen molar-refractivity contribution in [2.75, 3.05) is 7.11 Å². The van der Waals surface area contributed by atoms with Crippen molar-refractivity contribution in [1.29, 1.82) is 0 Å². The van der Waals surface area contributed by atoms with Crippen LogP contribution in [0.25, 0.3) is 16.8 Å². The number of nitrogens with one attached hydrogen (secondary N) is 1. The van der Waals surface area contributed by atoms with Crippen molar-refractivity contribution in [3.05, 3.63) is 105 Å². The van der Waals surface area contributed by atoms with Crippen LogP contribution < -0.4 is 14.8 Å². The van der Waals surface area contributed by atoms with Crippen LogP contribution in [0.15, 0.2) is 88.8 Å². The van der Waals surface area contributed by atoms with E-state index in [2.05, 4.69) is 10.3 Å². The number of carbonyl (C=O) groups excluding carboxylic acids is 1. The van der Waals surface area contributed by atoms with Gasteiger partial charge in [-0.1, -0.05) is 60.1 Å². The highest BCUT2D eigenvalue weighted by molar-refractivity contribution is 8.18. The number of halogens is 1. The van der Waals surface area contributed by atoms with Gasteiger partial charge in [-0.15, -0.1) is 0 Å². The van der Waals surface area contributed by atoms with Crippen molar-refractivity contribution in [1.82, 2.24) is 5.32 Å². The molecule has 1 saturated heterocycles. The predicted molar refractivity (Wildman–Crippen MR) is 148 cm³/mol. The average molecular weight is 515 g/mol. The van der Waals surface area contributed by atoms with Gasteiger partial charge in [0.2, 0.25) is 0 Å². The number of hydrogen-bond acceptors (Lipinski definition) is 5. The van der Waals surface area contributed by atoms with E-state index in [-0.39, 0.29) is 5.91 Å². The summed E-state index contributed by atoms with van der Waals surface area (Å²) in [4.78, 5) is 18.1. The Labute approximate surface area is 218 Å². The molecular formula is C29H23ClN2O3S.